The van der Waals surface area contributed by atoms with Crippen LogP contribution in [-0.2, 0) is 0 Å². The fraction of sp³-hybridized carbons (Fsp3) is 0.733. The van der Waals surface area contributed by atoms with Crippen molar-refractivity contribution in [2.75, 3.05) is 56.6 Å². The largest absolute Gasteiger partial charge is 0.389 e. The molecule has 116 valence electrons. The molecule has 6 heteroatoms. The number of hydrogen-bond donors (Lipinski definition) is 1. The summed E-state index contributed by atoms with van der Waals surface area (Å²) in [5, 5.41) is 10.3. The van der Waals surface area contributed by atoms with Crippen molar-refractivity contribution in [3.05, 3.63) is 12.4 Å². The minimum absolute atomic E-state index is 0.408. The number of β-amino-alcohol motifs (C(OH)–C–C–N with tert-alkyl or cyclic N) is 1. The number of nitrogens with zero attached hydrogens (tertiary/aromatic N) is 5. The highest BCUT2D eigenvalue weighted by Crippen LogP contribution is 2.32. The normalized spacial score (nSPS) is 22.0. The molecule has 3 rings (SSSR count). The second-order valence-electron chi connectivity index (χ2n) is 6.47. The van der Waals surface area contributed by atoms with E-state index in [0.717, 1.165) is 57.2 Å². The topological polar surface area (TPSA) is 55.7 Å². The van der Waals surface area contributed by atoms with Crippen molar-refractivity contribution in [3.63, 3.8) is 0 Å². The maximum Gasteiger partial charge on any atom is 0.134 e. The number of aliphatic hydroxyl groups is 1. The van der Waals surface area contributed by atoms with Gasteiger partial charge in [0.15, 0.2) is 0 Å². The van der Waals surface area contributed by atoms with Crippen LogP contribution in [-0.4, -0.2) is 72.4 Å². The Kier molecular flexibility index (Phi) is 3.99. The third kappa shape index (κ3) is 3.27. The minimum Gasteiger partial charge on any atom is -0.389 e. The Morgan fingerprint density at radius 1 is 1.19 bits per heavy atom. The lowest BCUT2D eigenvalue weighted by molar-refractivity contribution is -0.0594. The van der Waals surface area contributed by atoms with Crippen molar-refractivity contribution in [2.45, 2.75) is 24.9 Å². The van der Waals surface area contributed by atoms with Crippen molar-refractivity contribution in [2.24, 2.45) is 0 Å². The minimum atomic E-state index is -0.408. The second-order valence-corrected chi connectivity index (χ2v) is 6.47. The van der Waals surface area contributed by atoms with Crippen LogP contribution in [0.25, 0.3) is 0 Å². The molecular weight excluding hydrogens is 266 g/mol. The van der Waals surface area contributed by atoms with E-state index in [1.165, 1.54) is 6.42 Å². The van der Waals surface area contributed by atoms with Crippen molar-refractivity contribution in [3.8, 4) is 0 Å². The Morgan fingerprint density at radius 3 is 2.48 bits per heavy atom. The number of piperazine rings is 1. The van der Waals surface area contributed by atoms with Crippen LogP contribution in [0, 0.1) is 0 Å². The molecule has 0 spiro atoms. The van der Waals surface area contributed by atoms with Crippen molar-refractivity contribution >= 4 is 11.6 Å². The molecule has 6 nitrogen and oxygen atoms in total. The lowest BCUT2D eigenvalue weighted by Crippen LogP contribution is -2.54. The molecule has 1 aliphatic heterocycles. The Morgan fingerprint density at radius 2 is 1.90 bits per heavy atom. The molecule has 0 aromatic carbocycles. The van der Waals surface area contributed by atoms with Gasteiger partial charge in [0, 0.05) is 52.9 Å². The molecule has 0 radical (unpaired) electrons. The molecule has 1 aliphatic carbocycles. The standard InChI is InChI=1S/C15H25N5O/c1-18(2)13-10-14(17-12-16-13)20-8-6-19(7-9-20)11-15(21)4-3-5-15/h10,12,21H,3-9,11H2,1-2H3. The Labute approximate surface area is 126 Å². The van der Waals surface area contributed by atoms with E-state index in [1.54, 1.807) is 6.33 Å². The highest BCUT2D eigenvalue weighted by atomic mass is 16.3. The van der Waals surface area contributed by atoms with Gasteiger partial charge in [-0.15, -0.1) is 0 Å². The smallest absolute Gasteiger partial charge is 0.134 e. The van der Waals surface area contributed by atoms with Gasteiger partial charge in [-0.3, -0.25) is 4.90 Å². The molecule has 2 heterocycles. The first-order valence-corrected chi connectivity index (χ1v) is 7.75. The van der Waals surface area contributed by atoms with Gasteiger partial charge in [-0.05, 0) is 19.3 Å². The quantitative estimate of drug-likeness (QED) is 0.876. The third-order valence-corrected chi connectivity index (χ3v) is 4.59. The van der Waals surface area contributed by atoms with Gasteiger partial charge in [0.2, 0.25) is 0 Å². The van der Waals surface area contributed by atoms with Crippen molar-refractivity contribution < 1.29 is 5.11 Å². The fourth-order valence-corrected chi connectivity index (χ4v) is 3.05. The summed E-state index contributed by atoms with van der Waals surface area (Å²) in [4.78, 5) is 15.3. The average Bonchev–Trinajstić information content (AvgIpc) is 2.46. The molecule has 0 bridgehead atoms. The predicted molar refractivity (Wildman–Crippen MR) is 83.8 cm³/mol. The van der Waals surface area contributed by atoms with Crippen LogP contribution in [0.2, 0.25) is 0 Å². The summed E-state index contributed by atoms with van der Waals surface area (Å²) in [5.74, 6) is 1.93. The van der Waals surface area contributed by atoms with Crippen LogP contribution >= 0.6 is 0 Å². The molecule has 1 N–H and O–H groups in total. The van der Waals surface area contributed by atoms with Crippen LogP contribution in [0.4, 0.5) is 11.6 Å². The summed E-state index contributed by atoms with van der Waals surface area (Å²) >= 11 is 0. The van der Waals surface area contributed by atoms with E-state index >= 15 is 0 Å². The molecule has 1 aromatic rings. The van der Waals surface area contributed by atoms with Gasteiger partial charge in [0.25, 0.3) is 0 Å². The monoisotopic (exact) mass is 291 g/mol. The Bertz CT molecular complexity index is 481. The molecule has 1 saturated carbocycles. The van der Waals surface area contributed by atoms with Gasteiger partial charge >= 0.3 is 0 Å². The summed E-state index contributed by atoms with van der Waals surface area (Å²) in [6.07, 6.45) is 4.73. The maximum atomic E-state index is 10.3. The Balaban J connectivity index is 1.56. The van der Waals surface area contributed by atoms with E-state index in [0.29, 0.717) is 0 Å². The van der Waals surface area contributed by atoms with E-state index in [-0.39, 0.29) is 0 Å². The van der Waals surface area contributed by atoms with Gasteiger partial charge in [0.05, 0.1) is 5.60 Å². The summed E-state index contributed by atoms with van der Waals surface area (Å²) in [6.45, 7) is 4.72. The van der Waals surface area contributed by atoms with Gasteiger partial charge in [0.1, 0.15) is 18.0 Å². The molecule has 2 aliphatic rings. The molecule has 2 fully saturated rings. The molecule has 21 heavy (non-hydrogen) atoms. The van der Waals surface area contributed by atoms with Crippen LogP contribution < -0.4 is 9.80 Å². The van der Waals surface area contributed by atoms with Gasteiger partial charge < -0.3 is 14.9 Å². The molecule has 0 amide bonds. The summed E-state index contributed by atoms with van der Waals surface area (Å²) in [5.41, 5.74) is -0.408. The highest BCUT2D eigenvalue weighted by molar-refractivity contribution is 5.49. The van der Waals surface area contributed by atoms with Crippen LogP contribution in [0.3, 0.4) is 0 Å². The first-order valence-electron chi connectivity index (χ1n) is 7.75. The average molecular weight is 291 g/mol. The third-order valence-electron chi connectivity index (χ3n) is 4.59. The van der Waals surface area contributed by atoms with Gasteiger partial charge in [-0.25, -0.2) is 9.97 Å². The summed E-state index contributed by atoms with van der Waals surface area (Å²) < 4.78 is 0. The van der Waals surface area contributed by atoms with E-state index in [9.17, 15) is 5.11 Å². The van der Waals surface area contributed by atoms with E-state index in [1.807, 2.05) is 25.1 Å². The van der Waals surface area contributed by atoms with Crippen LogP contribution in [0.15, 0.2) is 12.4 Å². The second kappa shape index (κ2) is 5.77. The summed E-state index contributed by atoms with van der Waals surface area (Å²) in [6, 6.07) is 2.04. The molecule has 1 saturated heterocycles. The molecule has 0 atom stereocenters. The lowest BCUT2D eigenvalue weighted by Gasteiger charge is -2.43. The SMILES string of the molecule is CN(C)c1cc(N2CCN(CC3(O)CCC3)CC2)ncn1. The van der Waals surface area contributed by atoms with Crippen molar-refractivity contribution in [1.82, 2.24) is 14.9 Å². The molecular formula is C15H25N5O. The van der Waals surface area contributed by atoms with E-state index in [2.05, 4.69) is 19.8 Å². The fourth-order valence-electron chi connectivity index (χ4n) is 3.05. The van der Waals surface area contributed by atoms with Crippen LogP contribution in [0.1, 0.15) is 19.3 Å². The summed E-state index contributed by atoms with van der Waals surface area (Å²) in [7, 11) is 3.98. The number of hydrogen-bond acceptors (Lipinski definition) is 6. The first kappa shape index (κ1) is 14.5. The molecule has 1 aromatic heterocycles. The van der Waals surface area contributed by atoms with E-state index in [4.69, 9.17) is 0 Å². The molecule has 0 unspecified atom stereocenters. The number of aromatic nitrogens is 2. The zero-order valence-electron chi connectivity index (χ0n) is 13.0. The van der Waals surface area contributed by atoms with Gasteiger partial charge in [-0.2, -0.15) is 0 Å². The number of rotatable bonds is 4. The van der Waals surface area contributed by atoms with Gasteiger partial charge in [-0.1, -0.05) is 0 Å². The zero-order valence-corrected chi connectivity index (χ0v) is 13.0. The van der Waals surface area contributed by atoms with Crippen LogP contribution in [0.5, 0.6) is 0 Å². The lowest BCUT2D eigenvalue weighted by atomic mass is 9.80. The van der Waals surface area contributed by atoms with Crippen molar-refractivity contribution in [1.29, 1.82) is 0 Å². The maximum absolute atomic E-state index is 10.3. The number of anilines is 2. The first-order chi connectivity index (χ1) is 10.1. The van der Waals surface area contributed by atoms with E-state index < -0.39 is 5.60 Å². The predicted octanol–water partition coefficient (Wildman–Crippen LogP) is 0.580. The highest BCUT2D eigenvalue weighted by Gasteiger charge is 2.36. The Hall–Kier alpha value is -1.40. The zero-order chi connectivity index (χ0) is 14.9.